The van der Waals surface area contributed by atoms with E-state index in [1.54, 1.807) is 24.3 Å². The molecule has 2 fully saturated rings. The van der Waals surface area contributed by atoms with Gasteiger partial charge in [-0.2, -0.15) is 0 Å². The summed E-state index contributed by atoms with van der Waals surface area (Å²) in [5.74, 6) is -2.14. The number of carboxylic acid groups (broad SMARTS) is 1. The van der Waals surface area contributed by atoms with E-state index >= 15 is 0 Å². The zero-order valence-corrected chi connectivity index (χ0v) is 14.2. The molecule has 2 N–H and O–H groups in total. The summed E-state index contributed by atoms with van der Waals surface area (Å²) >= 11 is 0. The van der Waals surface area contributed by atoms with Gasteiger partial charge in [0.1, 0.15) is 19.3 Å². The van der Waals surface area contributed by atoms with E-state index in [0.29, 0.717) is 18.7 Å². The highest BCUT2D eigenvalue weighted by molar-refractivity contribution is 6.19. The lowest BCUT2D eigenvalue weighted by Gasteiger charge is -2.36. The van der Waals surface area contributed by atoms with Crippen molar-refractivity contribution in [3.63, 3.8) is 0 Å². The zero-order valence-electron chi connectivity index (χ0n) is 14.2. The van der Waals surface area contributed by atoms with Gasteiger partial charge in [-0.3, -0.25) is 9.59 Å². The van der Waals surface area contributed by atoms with E-state index < -0.39 is 49.1 Å². The number of ether oxygens (including phenoxy) is 1. The molecule has 2 aliphatic rings. The van der Waals surface area contributed by atoms with Crippen molar-refractivity contribution in [3.05, 3.63) is 29.8 Å². The first-order valence-corrected chi connectivity index (χ1v) is 8.18. The monoisotopic (exact) mass is 361 g/mol. The third kappa shape index (κ3) is 3.38. The summed E-state index contributed by atoms with van der Waals surface area (Å²) in [6.07, 6.45) is 0.453. The molecule has 0 bridgehead atoms. The third-order valence-electron chi connectivity index (χ3n) is 4.45. The van der Waals surface area contributed by atoms with Crippen molar-refractivity contribution in [1.82, 2.24) is 10.2 Å². The number of nitrogens with one attached hydrogen (secondary N) is 1. The van der Waals surface area contributed by atoms with Crippen LogP contribution in [0.25, 0.3) is 0 Å². The fourth-order valence-corrected chi connectivity index (χ4v) is 3.23. The number of likely N-dealkylation sites (tertiary alicyclic amines) is 1. The van der Waals surface area contributed by atoms with Crippen molar-refractivity contribution in [1.29, 1.82) is 0 Å². The van der Waals surface area contributed by atoms with Gasteiger partial charge in [0.15, 0.2) is 0 Å². The largest absolute Gasteiger partial charge is 0.480 e. The maximum atomic E-state index is 12.9. The Morgan fingerprint density at radius 1 is 1.23 bits per heavy atom. The fourth-order valence-electron chi connectivity index (χ4n) is 3.23. The Kier molecular flexibility index (Phi) is 4.90. The second-order valence-electron chi connectivity index (χ2n) is 6.27. The maximum absolute atomic E-state index is 12.9. The molecule has 0 saturated carbocycles. The minimum Gasteiger partial charge on any atom is -0.480 e. The first-order valence-electron chi connectivity index (χ1n) is 8.18. The number of rotatable bonds is 5. The lowest BCUT2D eigenvalue weighted by molar-refractivity contribution is -0.147. The fraction of sp³-hybridized carbons (Fsp3) is 0.412. The van der Waals surface area contributed by atoms with E-state index in [1.807, 2.05) is 6.92 Å². The van der Waals surface area contributed by atoms with Crippen molar-refractivity contribution < 1.29 is 29.0 Å². The number of hydrogen-bond acceptors (Lipinski definition) is 5. The Morgan fingerprint density at radius 2 is 1.92 bits per heavy atom. The number of aryl methyl sites for hydroxylation is 1. The first kappa shape index (κ1) is 17.9. The molecule has 138 valence electrons. The van der Waals surface area contributed by atoms with Crippen molar-refractivity contribution in [2.45, 2.75) is 25.4 Å². The molecule has 0 radical (unpaired) electrons. The molecule has 2 heterocycles. The summed E-state index contributed by atoms with van der Waals surface area (Å²) in [6, 6.07) is 5.12. The Morgan fingerprint density at radius 3 is 2.58 bits per heavy atom. The lowest BCUT2D eigenvalue weighted by Crippen LogP contribution is -2.65. The molecule has 26 heavy (non-hydrogen) atoms. The van der Waals surface area contributed by atoms with Gasteiger partial charge in [-0.25, -0.2) is 14.5 Å². The number of fused-ring (bicyclic) bond motifs is 1. The summed E-state index contributed by atoms with van der Waals surface area (Å²) in [4.78, 5) is 50.5. The summed E-state index contributed by atoms with van der Waals surface area (Å²) in [7, 11) is 0. The number of aliphatic carboxylic acids is 1. The van der Waals surface area contributed by atoms with Crippen molar-refractivity contribution >= 4 is 29.5 Å². The molecule has 0 unspecified atom stereocenters. The summed E-state index contributed by atoms with van der Waals surface area (Å²) < 4.78 is 4.83. The number of urea groups is 1. The zero-order chi connectivity index (χ0) is 18.8. The highest BCUT2D eigenvalue weighted by Gasteiger charge is 2.49. The van der Waals surface area contributed by atoms with Crippen LogP contribution in [-0.2, 0) is 19.1 Å². The second kappa shape index (κ2) is 7.12. The van der Waals surface area contributed by atoms with Gasteiger partial charge in [0.25, 0.3) is 5.91 Å². The number of hydrogen-bond donors (Lipinski definition) is 2. The van der Waals surface area contributed by atoms with E-state index in [1.165, 1.54) is 4.90 Å². The molecule has 2 atom stereocenters. The smallest absolute Gasteiger partial charge is 0.329 e. The van der Waals surface area contributed by atoms with Gasteiger partial charge >= 0.3 is 12.0 Å². The van der Waals surface area contributed by atoms with Gasteiger partial charge in [0.05, 0.1) is 11.7 Å². The number of carbonyl (C=O) groups is 4. The highest BCUT2D eigenvalue weighted by Crippen LogP contribution is 2.28. The Bertz CT molecular complexity index is 747. The average molecular weight is 361 g/mol. The normalized spacial score (nSPS) is 22.2. The number of nitrogens with zero attached hydrogens (tertiary/aromatic N) is 2. The quantitative estimate of drug-likeness (QED) is 0.770. The standard InChI is InChI=1S/C17H19N3O6/c1-10-2-4-11(5-3-10)20-16(24)15-12(18-17(20)25)6-7-19(15)13(21)8-26-9-14(22)23/h2-5,12,15H,6-9H2,1H3,(H,18,25)(H,22,23)/t12-,15-/m1/s1. The summed E-state index contributed by atoms with van der Waals surface area (Å²) in [5, 5.41) is 11.3. The number of imide groups is 1. The molecular formula is C17H19N3O6. The van der Waals surface area contributed by atoms with Crippen LogP contribution in [0.15, 0.2) is 24.3 Å². The van der Waals surface area contributed by atoms with Crippen LogP contribution in [0, 0.1) is 6.92 Å². The van der Waals surface area contributed by atoms with Crippen molar-refractivity contribution in [3.8, 4) is 0 Å². The van der Waals surface area contributed by atoms with Crippen LogP contribution in [-0.4, -0.2) is 65.7 Å². The molecule has 0 aliphatic carbocycles. The number of carbonyl (C=O) groups excluding carboxylic acids is 3. The SMILES string of the molecule is Cc1ccc(N2C(=O)N[C@@H]3CCN(C(=O)COCC(=O)O)[C@H]3C2=O)cc1. The van der Waals surface area contributed by atoms with Crippen LogP contribution < -0.4 is 10.2 Å². The molecule has 2 saturated heterocycles. The minimum atomic E-state index is -1.18. The first-order chi connectivity index (χ1) is 12.4. The maximum Gasteiger partial charge on any atom is 0.329 e. The number of amides is 4. The van der Waals surface area contributed by atoms with Crippen LogP contribution in [0.5, 0.6) is 0 Å². The van der Waals surface area contributed by atoms with E-state index in [0.717, 1.165) is 10.5 Å². The molecule has 3 rings (SSSR count). The predicted octanol–water partition coefficient (Wildman–Crippen LogP) is 0.122. The number of carboxylic acids is 1. The van der Waals surface area contributed by atoms with Crippen molar-refractivity contribution in [2.24, 2.45) is 0 Å². The van der Waals surface area contributed by atoms with Crippen LogP contribution in [0.2, 0.25) is 0 Å². The van der Waals surface area contributed by atoms with Gasteiger partial charge in [-0.05, 0) is 25.5 Å². The second-order valence-corrected chi connectivity index (χ2v) is 6.27. The van der Waals surface area contributed by atoms with Crippen LogP contribution >= 0.6 is 0 Å². The van der Waals surface area contributed by atoms with E-state index in [4.69, 9.17) is 9.84 Å². The molecule has 2 aliphatic heterocycles. The Hall–Kier alpha value is -2.94. The van der Waals surface area contributed by atoms with E-state index in [2.05, 4.69) is 5.32 Å². The van der Waals surface area contributed by atoms with Crippen LogP contribution in [0.3, 0.4) is 0 Å². The highest BCUT2D eigenvalue weighted by atomic mass is 16.5. The Balaban J connectivity index is 1.77. The summed E-state index contributed by atoms with van der Waals surface area (Å²) in [6.45, 7) is 1.17. The van der Waals surface area contributed by atoms with Crippen molar-refractivity contribution in [2.75, 3.05) is 24.7 Å². The third-order valence-corrected chi connectivity index (χ3v) is 4.45. The van der Waals surface area contributed by atoms with Gasteiger partial charge in [-0.15, -0.1) is 0 Å². The topological polar surface area (TPSA) is 116 Å². The number of benzene rings is 1. The van der Waals surface area contributed by atoms with Gasteiger partial charge in [0, 0.05) is 6.54 Å². The van der Waals surface area contributed by atoms with E-state index in [9.17, 15) is 19.2 Å². The van der Waals surface area contributed by atoms with Crippen LogP contribution in [0.4, 0.5) is 10.5 Å². The lowest BCUT2D eigenvalue weighted by atomic mass is 10.0. The molecule has 0 aromatic heterocycles. The van der Waals surface area contributed by atoms with Gasteiger partial charge in [0.2, 0.25) is 5.91 Å². The molecule has 1 aromatic carbocycles. The Labute approximate surface area is 149 Å². The van der Waals surface area contributed by atoms with E-state index in [-0.39, 0.29) is 0 Å². The molecular weight excluding hydrogens is 342 g/mol. The van der Waals surface area contributed by atoms with Gasteiger partial charge in [-0.1, -0.05) is 17.7 Å². The molecule has 0 spiro atoms. The molecule has 4 amide bonds. The van der Waals surface area contributed by atoms with Gasteiger partial charge < -0.3 is 20.1 Å². The molecule has 9 nitrogen and oxygen atoms in total. The molecule has 9 heteroatoms. The summed E-state index contributed by atoms with van der Waals surface area (Å²) in [5.41, 5.74) is 1.42. The minimum absolute atomic E-state index is 0.290. The van der Waals surface area contributed by atoms with Crippen LogP contribution in [0.1, 0.15) is 12.0 Å². The number of anilines is 1. The predicted molar refractivity (Wildman–Crippen MR) is 89.6 cm³/mol. The average Bonchev–Trinajstić information content (AvgIpc) is 3.00. The molecule has 1 aromatic rings.